The Balaban J connectivity index is 3.01. The van der Waals surface area contributed by atoms with Crippen LogP contribution in [0.25, 0.3) is 0 Å². The van der Waals surface area contributed by atoms with Crippen LogP contribution in [0, 0.1) is 12.9 Å². The molecule has 0 bridgehead atoms. The van der Waals surface area contributed by atoms with E-state index >= 15 is 0 Å². The predicted molar refractivity (Wildman–Crippen MR) is 30.2 cm³/mol. The number of aromatic nitrogens is 1. The first-order valence-corrected chi connectivity index (χ1v) is 2.37. The fraction of sp³-hybridized carbons (Fsp3) is 0. The van der Waals surface area contributed by atoms with Gasteiger partial charge in [0, 0.05) is 6.20 Å². The molecule has 0 saturated carbocycles. The first kappa shape index (κ1) is 6.01. The molecule has 0 aliphatic rings. The maximum absolute atomic E-state index is 12.4. The van der Waals surface area contributed by atoms with Gasteiger partial charge < -0.3 is 4.74 Å². The maximum Gasteiger partial charge on any atom is 0.250 e. The molecule has 0 saturated heterocycles. The topological polar surface area (TPSA) is 22.1 Å². The number of ether oxygens (including phenoxy) is 1. The van der Waals surface area contributed by atoms with Crippen molar-refractivity contribution in [3.05, 3.63) is 31.3 Å². The summed E-state index contributed by atoms with van der Waals surface area (Å²) in [5, 5.41) is 0. The van der Waals surface area contributed by atoms with E-state index in [-0.39, 0.29) is 5.88 Å². The van der Waals surface area contributed by atoms with Crippen molar-refractivity contribution < 1.29 is 9.13 Å². The Bertz CT molecular complexity index is 202. The molecule has 1 aromatic rings. The van der Waals surface area contributed by atoms with E-state index in [2.05, 4.69) is 16.8 Å². The van der Waals surface area contributed by atoms with Gasteiger partial charge in [-0.05, 0) is 12.1 Å². The number of halogens is 1. The van der Waals surface area contributed by atoms with E-state index in [4.69, 9.17) is 0 Å². The van der Waals surface area contributed by atoms with Crippen LogP contribution in [0.2, 0.25) is 0 Å². The van der Waals surface area contributed by atoms with E-state index in [0.29, 0.717) is 0 Å². The van der Waals surface area contributed by atoms with Crippen LogP contribution in [0.5, 0.6) is 5.88 Å². The van der Waals surface area contributed by atoms with Crippen molar-refractivity contribution in [3.8, 4) is 5.88 Å². The number of pyridine rings is 1. The molecule has 1 rings (SSSR count). The maximum atomic E-state index is 12.4. The van der Waals surface area contributed by atoms with Crippen LogP contribution in [0.1, 0.15) is 0 Å². The predicted octanol–water partition coefficient (Wildman–Crippen LogP) is 1.39. The minimum atomic E-state index is -0.493. The van der Waals surface area contributed by atoms with Gasteiger partial charge >= 0.3 is 0 Å². The van der Waals surface area contributed by atoms with Crippen LogP contribution in [-0.2, 0) is 0 Å². The standard InChI is InChI=1S/C6H5FNO/c1-9-6-5(7)3-2-4-8-6/h2-4H,1H2. The molecule has 9 heavy (non-hydrogen) atoms. The molecule has 0 aliphatic heterocycles. The van der Waals surface area contributed by atoms with Crippen molar-refractivity contribution in [1.29, 1.82) is 0 Å². The average molecular weight is 126 g/mol. The summed E-state index contributed by atoms with van der Waals surface area (Å²) in [7, 11) is 3.01. The summed E-state index contributed by atoms with van der Waals surface area (Å²) in [5.74, 6) is -0.565. The monoisotopic (exact) mass is 126 g/mol. The molecule has 0 spiro atoms. The van der Waals surface area contributed by atoms with Crippen LogP contribution in [-0.4, -0.2) is 4.98 Å². The molecule has 0 N–H and O–H groups in total. The summed E-state index contributed by atoms with van der Waals surface area (Å²) in [6.45, 7) is 0. The van der Waals surface area contributed by atoms with Crippen LogP contribution >= 0.6 is 0 Å². The zero-order valence-corrected chi connectivity index (χ0v) is 4.67. The highest BCUT2D eigenvalue weighted by Gasteiger charge is 1.97. The van der Waals surface area contributed by atoms with E-state index in [0.717, 1.165) is 0 Å². The van der Waals surface area contributed by atoms with Crippen molar-refractivity contribution in [3.63, 3.8) is 0 Å². The van der Waals surface area contributed by atoms with Crippen LogP contribution in [0.15, 0.2) is 18.3 Å². The Labute approximate surface area is 52.3 Å². The third kappa shape index (κ3) is 1.16. The summed E-state index contributed by atoms with van der Waals surface area (Å²) < 4.78 is 16.7. The second kappa shape index (κ2) is 2.44. The normalized spacial score (nSPS) is 9.11. The lowest BCUT2D eigenvalue weighted by Crippen LogP contribution is -1.87. The molecule has 2 nitrogen and oxygen atoms in total. The average Bonchev–Trinajstić information content (AvgIpc) is 1.89. The summed E-state index contributed by atoms with van der Waals surface area (Å²) in [6, 6.07) is 2.74. The van der Waals surface area contributed by atoms with E-state index in [1.54, 1.807) is 0 Å². The van der Waals surface area contributed by atoms with Gasteiger partial charge in [-0.25, -0.2) is 9.37 Å². The number of rotatable bonds is 1. The fourth-order valence-corrected chi connectivity index (χ4v) is 0.477. The Morgan fingerprint density at radius 1 is 1.67 bits per heavy atom. The molecular weight excluding hydrogens is 121 g/mol. The molecule has 0 aliphatic carbocycles. The molecule has 3 heteroatoms. The highest BCUT2D eigenvalue weighted by molar-refractivity contribution is 5.12. The molecule has 1 heterocycles. The lowest BCUT2D eigenvalue weighted by Gasteiger charge is -1.95. The molecule has 47 valence electrons. The number of nitrogens with zero attached hydrogens (tertiary/aromatic N) is 1. The van der Waals surface area contributed by atoms with E-state index in [1.165, 1.54) is 18.3 Å². The molecule has 0 unspecified atom stereocenters. The Hall–Kier alpha value is -1.12. The molecular formula is C6H5FNO. The van der Waals surface area contributed by atoms with Gasteiger partial charge in [0.05, 0.1) is 0 Å². The quantitative estimate of drug-likeness (QED) is 0.567. The Kier molecular flexibility index (Phi) is 1.63. The summed E-state index contributed by atoms with van der Waals surface area (Å²) in [4.78, 5) is 3.54. The molecule has 0 amide bonds. The van der Waals surface area contributed by atoms with Gasteiger partial charge in [0.15, 0.2) is 5.82 Å². The highest BCUT2D eigenvalue weighted by Crippen LogP contribution is 2.09. The summed E-state index contributed by atoms with van der Waals surface area (Å²) in [5.41, 5.74) is 0. The molecule has 0 atom stereocenters. The second-order valence-corrected chi connectivity index (χ2v) is 1.43. The third-order valence-electron chi connectivity index (χ3n) is 0.861. The zero-order chi connectivity index (χ0) is 6.69. The van der Waals surface area contributed by atoms with E-state index in [1.807, 2.05) is 0 Å². The SMILES string of the molecule is [CH2]Oc1ncccc1F. The van der Waals surface area contributed by atoms with Gasteiger partial charge in [-0.15, -0.1) is 0 Å². The van der Waals surface area contributed by atoms with E-state index in [9.17, 15) is 4.39 Å². The summed E-state index contributed by atoms with van der Waals surface area (Å²) in [6.07, 6.45) is 1.43. The molecule has 1 aromatic heterocycles. The van der Waals surface area contributed by atoms with Crippen molar-refractivity contribution in [1.82, 2.24) is 4.98 Å². The van der Waals surface area contributed by atoms with Gasteiger partial charge in [0.25, 0.3) is 0 Å². The van der Waals surface area contributed by atoms with Crippen molar-refractivity contribution >= 4 is 0 Å². The Morgan fingerprint density at radius 3 is 2.89 bits per heavy atom. The van der Waals surface area contributed by atoms with Crippen LogP contribution in [0.4, 0.5) is 4.39 Å². The third-order valence-corrected chi connectivity index (χ3v) is 0.861. The van der Waals surface area contributed by atoms with Gasteiger partial charge in [0.1, 0.15) is 7.11 Å². The minimum absolute atomic E-state index is 0.0718. The zero-order valence-electron chi connectivity index (χ0n) is 4.67. The lowest BCUT2D eigenvalue weighted by atomic mass is 10.5. The molecule has 1 radical (unpaired) electrons. The van der Waals surface area contributed by atoms with Crippen LogP contribution < -0.4 is 4.74 Å². The first-order chi connectivity index (χ1) is 4.34. The summed E-state index contributed by atoms with van der Waals surface area (Å²) >= 11 is 0. The Morgan fingerprint density at radius 2 is 2.44 bits per heavy atom. The minimum Gasteiger partial charge on any atom is -0.472 e. The van der Waals surface area contributed by atoms with Crippen molar-refractivity contribution in [2.75, 3.05) is 0 Å². The van der Waals surface area contributed by atoms with Crippen molar-refractivity contribution in [2.45, 2.75) is 0 Å². The first-order valence-electron chi connectivity index (χ1n) is 2.37. The fourth-order valence-electron chi connectivity index (χ4n) is 0.477. The smallest absolute Gasteiger partial charge is 0.250 e. The van der Waals surface area contributed by atoms with Crippen molar-refractivity contribution in [2.24, 2.45) is 0 Å². The van der Waals surface area contributed by atoms with Gasteiger partial charge in [-0.3, -0.25) is 0 Å². The second-order valence-electron chi connectivity index (χ2n) is 1.43. The largest absolute Gasteiger partial charge is 0.472 e. The van der Waals surface area contributed by atoms with Crippen LogP contribution in [0.3, 0.4) is 0 Å². The lowest BCUT2D eigenvalue weighted by molar-refractivity contribution is 0.414. The molecule has 0 fully saturated rings. The number of hydrogen-bond acceptors (Lipinski definition) is 2. The van der Waals surface area contributed by atoms with Gasteiger partial charge in [-0.1, -0.05) is 0 Å². The molecule has 0 aromatic carbocycles. The van der Waals surface area contributed by atoms with Gasteiger partial charge in [0.2, 0.25) is 5.88 Å². The number of hydrogen-bond donors (Lipinski definition) is 0. The van der Waals surface area contributed by atoms with E-state index < -0.39 is 5.82 Å². The van der Waals surface area contributed by atoms with Gasteiger partial charge in [-0.2, -0.15) is 0 Å². The highest BCUT2D eigenvalue weighted by atomic mass is 19.1.